The van der Waals surface area contributed by atoms with E-state index in [2.05, 4.69) is 4.18 Å². The van der Waals surface area contributed by atoms with Crippen molar-refractivity contribution in [3.8, 4) is 0 Å². The minimum Gasteiger partial charge on any atom is -0.389 e. The van der Waals surface area contributed by atoms with Gasteiger partial charge in [-0.25, -0.2) is 4.21 Å². The molecule has 8 heavy (non-hydrogen) atoms. The normalized spacial score (nSPS) is 13.8. The van der Waals surface area contributed by atoms with Crippen LogP contribution in [0.15, 0.2) is 0 Å². The summed E-state index contributed by atoms with van der Waals surface area (Å²) in [6.45, 7) is 0.164. The highest BCUT2D eigenvalue weighted by Crippen LogP contribution is 1.78. The molecule has 0 radical (unpaired) electrons. The maximum atomic E-state index is 9.55. The predicted octanol–water partition coefficient (Wildman–Crippen LogP) is -1.82. The molecule has 0 fully saturated rings. The predicted molar refractivity (Wildman–Crippen MR) is 30.6 cm³/mol. The maximum Gasteiger partial charge on any atom is 0.142 e. The van der Waals surface area contributed by atoms with E-state index in [1.54, 1.807) is 0 Å². The van der Waals surface area contributed by atoms with Gasteiger partial charge in [-0.05, 0) is 0 Å². The number of rotatable bonds is 4. The van der Waals surface area contributed by atoms with Crippen LogP contribution < -0.4 is 5.73 Å². The minimum absolute atomic E-state index is 0.0293. The zero-order chi connectivity index (χ0) is 6.41. The van der Waals surface area contributed by atoms with Crippen LogP contribution in [-0.2, 0) is 16.1 Å². The summed E-state index contributed by atoms with van der Waals surface area (Å²) in [5.74, 6) is 0. The fourth-order valence-corrected chi connectivity index (χ4v) is 0.417. The fraction of sp³-hybridized carbons (Fsp3) is 1.00. The Morgan fingerprint density at radius 2 is 2.50 bits per heavy atom. The molecule has 0 amide bonds. The van der Waals surface area contributed by atoms with E-state index in [1.165, 1.54) is 0 Å². The zero-order valence-electron chi connectivity index (χ0n) is 4.28. The van der Waals surface area contributed by atoms with E-state index < -0.39 is 18.1 Å². The van der Waals surface area contributed by atoms with E-state index in [9.17, 15) is 4.21 Å². The highest BCUT2D eigenvalue weighted by Gasteiger charge is 1.97. The summed E-state index contributed by atoms with van der Waals surface area (Å²) in [7, 11) is 0. The lowest BCUT2D eigenvalue weighted by Crippen LogP contribution is -2.24. The van der Waals surface area contributed by atoms with Crippen LogP contribution in [0.1, 0.15) is 0 Å². The molecule has 0 saturated carbocycles. The third-order valence-electron chi connectivity index (χ3n) is 0.592. The molecule has 0 aliphatic rings. The van der Waals surface area contributed by atoms with E-state index in [1.807, 2.05) is 0 Å². The van der Waals surface area contributed by atoms with Crippen molar-refractivity contribution < 1.29 is 13.5 Å². The van der Waals surface area contributed by atoms with Crippen LogP contribution in [-0.4, -0.2) is 28.6 Å². The molecule has 0 unspecified atom stereocenters. The van der Waals surface area contributed by atoms with E-state index in [4.69, 9.17) is 10.8 Å². The van der Waals surface area contributed by atoms with Crippen LogP contribution in [0, 0.1) is 0 Å². The molecular weight excluding hydrogens is 130 g/mol. The Kier molecular flexibility index (Phi) is 5.19. The lowest BCUT2D eigenvalue weighted by Gasteiger charge is -2.01. The van der Waals surface area contributed by atoms with Gasteiger partial charge in [-0.3, -0.25) is 4.18 Å². The van der Waals surface area contributed by atoms with Gasteiger partial charge < -0.3 is 10.8 Å². The van der Waals surface area contributed by atoms with Gasteiger partial charge in [-0.2, -0.15) is 0 Å². The number of hydrogen-bond acceptors (Lipinski definition) is 4. The van der Waals surface area contributed by atoms with Gasteiger partial charge in [0.05, 0.1) is 12.7 Å². The molecule has 50 valence electrons. The quantitative estimate of drug-likeness (QED) is 0.401. The van der Waals surface area contributed by atoms with Crippen LogP contribution in [0.25, 0.3) is 0 Å². The Bertz CT molecular complexity index is 69.5. The van der Waals surface area contributed by atoms with Crippen molar-refractivity contribution in [2.75, 3.05) is 13.2 Å². The van der Waals surface area contributed by atoms with Gasteiger partial charge in [0, 0.05) is 6.54 Å². The van der Waals surface area contributed by atoms with Crippen LogP contribution in [0.5, 0.6) is 0 Å². The molecule has 0 aliphatic heterocycles. The van der Waals surface area contributed by atoms with Crippen molar-refractivity contribution in [1.29, 1.82) is 0 Å². The van der Waals surface area contributed by atoms with Gasteiger partial charge in [-0.1, -0.05) is 0 Å². The van der Waals surface area contributed by atoms with Gasteiger partial charge in [-0.15, -0.1) is 0 Å². The zero-order valence-corrected chi connectivity index (χ0v) is 5.17. The van der Waals surface area contributed by atoms with Crippen LogP contribution in [0.4, 0.5) is 0 Å². The molecule has 0 bridgehead atoms. The summed E-state index contributed by atoms with van der Waals surface area (Å²) in [6.07, 6.45) is -0.698. The smallest absolute Gasteiger partial charge is 0.142 e. The summed E-state index contributed by atoms with van der Waals surface area (Å²) in [4.78, 5) is 0. The van der Waals surface area contributed by atoms with Crippen molar-refractivity contribution in [2.24, 2.45) is 5.73 Å². The molecule has 0 heterocycles. The molecular formula is C3H9NO3S. The molecule has 0 spiro atoms. The first-order valence-electron chi connectivity index (χ1n) is 2.14. The second-order valence-electron chi connectivity index (χ2n) is 1.26. The Hall–Kier alpha value is 0.0300. The summed E-state index contributed by atoms with van der Waals surface area (Å²) < 4.78 is 13.8. The Morgan fingerprint density at radius 1 is 1.88 bits per heavy atom. The van der Waals surface area contributed by atoms with Crippen LogP contribution in [0.2, 0.25) is 0 Å². The monoisotopic (exact) mass is 139 g/mol. The molecule has 0 saturated heterocycles. The second kappa shape index (κ2) is 5.17. The largest absolute Gasteiger partial charge is 0.389 e. The molecule has 5 heteroatoms. The maximum absolute atomic E-state index is 9.55. The lowest BCUT2D eigenvalue weighted by atomic mass is 10.4. The number of hydrogen-bond donors (Lipinski definition) is 3. The van der Waals surface area contributed by atoms with E-state index >= 15 is 0 Å². The Balaban J connectivity index is 2.97. The van der Waals surface area contributed by atoms with E-state index in [0.717, 1.165) is 0 Å². The number of aliphatic hydroxyl groups is 1. The molecule has 0 aliphatic carbocycles. The summed E-state index contributed by atoms with van der Waals surface area (Å²) >= 11 is -0.416. The fourth-order valence-electron chi connectivity index (χ4n) is 0.185. The molecule has 0 aromatic rings. The molecule has 4 nitrogen and oxygen atoms in total. The van der Waals surface area contributed by atoms with Crippen molar-refractivity contribution in [1.82, 2.24) is 0 Å². The Morgan fingerprint density at radius 3 is 2.88 bits per heavy atom. The minimum atomic E-state index is -0.698. The van der Waals surface area contributed by atoms with Gasteiger partial charge in [0.25, 0.3) is 0 Å². The van der Waals surface area contributed by atoms with Crippen LogP contribution >= 0.6 is 0 Å². The van der Waals surface area contributed by atoms with E-state index in [-0.39, 0.29) is 13.2 Å². The van der Waals surface area contributed by atoms with E-state index in [0.29, 0.717) is 0 Å². The molecule has 0 aromatic heterocycles. The molecule has 3 N–H and O–H groups in total. The van der Waals surface area contributed by atoms with Gasteiger partial charge in [0.15, 0.2) is 0 Å². The average Bonchev–Trinajstić information content (AvgIpc) is 1.83. The first kappa shape index (κ1) is 8.03. The van der Waals surface area contributed by atoms with Crippen molar-refractivity contribution in [3.63, 3.8) is 0 Å². The number of thiol groups is 1. The highest BCUT2D eigenvalue weighted by atomic mass is 32.2. The van der Waals surface area contributed by atoms with Crippen LogP contribution in [0.3, 0.4) is 0 Å². The molecule has 0 aromatic carbocycles. The number of aliphatic hydroxyl groups excluding tert-OH is 1. The first-order chi connectivity index (χ1) is 3.81. The number of nitrogens with two attached hydrogens (primary N) is 1. The lowest BCUT2D eigenvalue weighted by molar-refractivity contribution is 0.124. The topological polar surface area (TPSA) is 72.6 Å². The second-order valence-corrected chi connectivity index (χ2v) is 1.67. The third kappa shape index (κ3) is 4.20. The van der Waals surface area contributed by atoms with Crippen molar-refractivity contribution >= 4 is 11.9 Å². The van der Waals surface area contributed by atoms with Crippen molar-refractivity contribution in [2.45, 2.75) is 6.10 Å². The molecule has 1 atom stereocenters. The summed E-state index contributed by atoms with van der Waals surface area (Å²) in [6, 6.07) is 0. The summed E-state index contributed by atoms with van der Waals surface area (Å²) in [5.41, 5.74) is 4.98. The SMILES string of the molecule is NC[C@@H](O)CO[SH]=O. The van der Waals surface area contributed by atoms with Crippen molar-refractivity contribution in [3.05, 3.63) is 0 Å². The van der Waals surface area contributed by atoms with Gasteiger partial charge in [0.1, 0.15) is 11.9 Å². The highest BCUT2D eigenvalue weighted by molar-refractivity contribution is 7.60. The summed E-state index contributed by atoms with van der Waals surface area (Å²) in [5, 5.41) is 8.60. The van der Waals surface area contributed by atoms with Gasteiger partial charge in [0.2, 0.25) is 0 Å². The average molecular weight is 139 g/mol. The van der Waals surface area contributed by atoms with Gasteiger partial charge >= 0.3 is 0 Å². The standard InChI is InChI=1S/C3H9NO3S/c4-1-3(5)2-7-8-6/h3,5,8H,1-2,4H2/t3-/m1/s1. The Labute approximate surface area is 51.3 Å². The first-order valence-corrected chi connectivity index (χ1v) is 2.87. The molecule has 0 rings (SSSR count). The third-order valence-corrected chi connectivity index (χ3v) is 0.846.